The zero-order chi connectivity index (χ0) is 52.3. The zero-order valence-electron chi connectivity index (χ0n) is 45.7. The molecule has 11 rings (SSSR count). The molecule has 72 heavy (non-hydrogen) atoms. The third-order valence-corrected chi connectivity index (χ3v) is 16.4. The standard InChI is InChI=1S/C49H46N3O.C15H17FNSi.Ir/c1-30-26-43-45(32(3)50-30)52(46-41(34-18-9-7-10-19-34)28-37(49(4,5)6)29-42(46)35-20-11-8-12-21-35)48(51-43)40-23-15-22-39-38-25-24-36(27-44(38)53-47(39)40)31(2)33-16-13-14-17-33;1-11-5-7-13(14(16)9-11)15-8-6-12(10-17-15)18(2,3)4;/h7-12,15,18-22,24-29,31,33H,13-14,16-17H2,1-6H3;5-6,8-10H,1-4H3;/q2*-1;/i;1D3;. The van der Waals surface area contributed by atoms with E-state index in [1.54, 1.807) is 12.3 Å². The second kappa shape index (κ2) is 20.3. The van der Waals surface area contributed by atoms with Gasteiger partial charge in [-0.1, -0.05) is 168 Å². The molecule has 1 atom stereocenters. The molecule has 0 spiro atoms. The molecule has 0 saturated heterocycles. The maximum atomic E-state index is 14.1. The number of pyridine rings is 2. The number of hydrogen-bond acceptors (Lipinski definition) is 4. The summed E-state index contributed by atoms with van der Waals surface area (Å²) in [6, 6.07) is 51.8. The summed E-state index contributed by atoms with van der Waals surface area (Å²) in [6.45, 7) is 17.7. The molecule has 1 unspecified atom stereocenters. The minimum absolute atomic E-state index is 0. The van der Waals surface area contributed by atoms with E-state index in [-0.39, 0.29) is 36.6 Å². The Morgan fingerprint density at radius 1 is 0.792 bits per heavy atom. The SMILES string of the molecule is Cc1cc2nc(-c3[c-]ccc4c3oc3cc(C(C)C5CCCC5)ccc34)n(-c3c(-c4ccccc4)cc(C(C)(C)C)cc3-c3ccccc3)c2c(C)n1.[2H]C([2H])([2H])c1c[c-]c(-c2ccc([Si](C)(C)C)cn2)c(F)c1.[Ir]. The smallest absolute Gasteiger partial charge is 0.121 e. The molecule has 6 aromatic carbocycles. The monoisotopic (exact) mass is 1150 g/mol. The first-order valence-corrected chi connectivity index (χ1v) is 28.5. The van der Waals surface area contributed by atoms with Crippen molar-refractivity contribution in [2.24, 2.45) is 5.92 Å². The van der Waals surface area contributed by atoms with Crippen molar-refractivity contribution in [3.05, 3.63) is 186 Å². The predicted octanol–water partition coefficient (Wildman–Crippen LogP) is 16.9. The maximum Gasteiger partial charge on any atom is 0.121 e. The molecular formula is C64H63FIrN4OSi-2. The van der Waals surface area contributed by atoms with E-state index in [4.69, 9.17) is 18.5 Å². The van der Waals surface area contributed by atoms with Gasteiger partial charge in [0.15, 0.2) is 0 Å². The van der Waals surface area contributed by atoms with E-state index in [1.165, 1.54) is 48.1 Å². The second-order valence-corrected chi connectivity index (χ2v) is 26.5. The fraction of sp³-hybridized carbons (Fsp3) is 0.266. The summed E-state index contributed by atoms with van der Waals surface area (Å²) in [7, 11) is -1.45. The summed E-state index contributed by atoms with van der Waals surface area (Å²) >= 11 is 0. The first-order chi connectivity index (χ1) is 35.2. The van der Waals surface area contributed by atoms with E-state index in [0.29, 0.717) is 11.6 Å². The van der Waals surface area contributed by atoms with Crippen LogP contribution in [0.2, 0.25) is 19.6 Å². The van der Waals surface area contributed by atoms with Crippen molar-refractivity contribution in [1.82, 2.24) is 19.5 Å². The molecular weight excluding hydrogens is 1080 g/mol. The summed E-state index contributed by atoms with van der Waals surface area (Å²) in [5.41, 5.74) is 15.1. The third-order valence-electron chi connectivity index (χ3n) is 14.4. The number of hydrogen-bond donors (Lipinski definition) is 0. The minimum Gasteiger partial charge on any atom is -0.501 e. The van der Waals surface area contributed by atoms with E-state index >= 15 is 0 Å². The maximum absolute atomic E-state index is 14.1. The second-order valence-electron chi connectivity index (χ2n) is 21.5. The van der Waals surface area contributed by atoms with E-state index in [2.05, 4.69) is 179 Å². The van der Waals surface area contributed by atoms with Crippen LogP contribution in [0, 0.1) is 44.6 Å². The summed E-state index contributed by atoms with van der Waals surface area (Å²) in [5, 5.41) is 3.39. The van der Waals surface area contributed by atoms with Crippen molar-refractivity contribution in [2.45, 2.75) is 105 Å². The summed E-state index contributed by atoms with van der Waals surface area (Å²) < 4.78 is 45.2. The largest absolute Gasteiger partial charge is 0.501 e. The number of benzene rings is 6. The number of imidazole rings is 1. The molecule has 5 nitrogen and oxygen atoms in total. The zero-order valence-corrected chi connectivity index (χ0v) is 46.1. The van der Waals surface area contributed by atoms with Gasteiger partial charge in [0.1, 0.15) is 5.58 Å². The number of aryl methyl sites for hydroxylation is 3. The van der Waals surface area contributed by atoms with Crippen LogP contribution in [0.3, 0.4) is 0 Å². The van der Waals surface area contributed by atoms with Gasteiger partial charge in [-0.05, 0) is 101 Å². The molecule has 8 heteroatoms. The Kier molecular flexibility index (Phi) is 13.2. The van der Waals surface area contributed by atoms with Crippen LogP contribution in [0.1, 0.15) is 91.5 Å². The van der Waals surface area contributed by atoms with Gasteiger partial charge < -0.3 is 14.0 Å². The quantitative estimate of drug-likeness (QED) is 0.112. The molecule has 0 aliphatic heterocycles. The Morgan fingerprint density at radius 2 is 1.47 bits per heavy atom. The Morgan fingerprint density at radius 3 is 2.07 bits per heavy atom. The van der Waals surface area contributed by atoms with Crippen molar-refractivity contribution < 1.29 is 33.0 Å². The number of aromatic nitrogens is 4. The van der Waals surface area contributed by atoms with E-state index < -0.39 is 20.7 Å². The van der Waals surface area contributed by atoms with Gasteiger partial charge in [-0.25, -0.2) is 0 Å². The van der Waals surface area contributed by atoms with Gasteiger partial charge in [0.05, 0.1) is 41.9 Å². The van der Waals surface area contributed by atoms with Crippen molar-refractivity contribution in [3.8, 4) is 50.6 Å². The number of rotatable bonds is 8. The average Bonchev–Trinajstić information content (AvgIpc) is 4.15. The van der Waals surface area contributed by atoms with Crippen molar-refractivity contribution in [1.29, 1.82) is 0 Å². The van der Waals surface area contributed by atoms with Crippen LogP contribution in [0.15, 0.2) is 144 Å². The van der Waals surface area contributed by atoms with Crippen LogP contribution < -0.4 is 5.19 Å². The molecule has 1 fully saturated rings. The van der Waals surface area contributed by atoms with Crippen LogP contribution in [0.5, 0.6) is 0 Å². The van der Waals surface area contributed by atoms with Gasteiger partial charge in [0.25, 0.3) is 0 Å². The molecule has 10 aromatic rings. The Bertz CT molecular complexity index is 3620. The van der Waals surface area contributed by atoms with Crippen LogP contribution in [0.4, 0.5) is 4.39 Å². The van der Waals surface area contributed by atoms with Crippen LogP contribution in [-0.4, -0.2) is 27.6 Å². The van der Waals surface area contributed by atoms with Crippen LogP contribution >= 0.6 is 0 Å². The molecule has 1 saturated carbocycles. The van der Waals surface area contributed by atoms with Crippen molar-refractivity contribution >= 4 is 46.2 Å². The van der Waals surface area contributed by atoms with E-state index in [0.717, 1.165) is 95.7 Å². The molecule has 0 amide bonds. The van der Waals surface area contributed by atoms with Gasteiger partial charge >= 0.3 is 0 Å². The van der Waals surface area contributed by atoms with Gasteiger partial charge in [-0.15, -0.1) is 42.0 Å². The van der Waals surface area contributed by atoms with Gasteiger partial charge in [-0.3, -0.25) is 14.4 Å². The van der Waals surface area contributed by atoms with Crippen LogP contribution in [-0.2, 0) is 25.5 Å². The molecule has 4 heterocycles. The van der Waals surface area contributed by atoms with Crippen molar-refractivity contribution in [3.63, 3.8) is 0 Å². The van der Waals surface area contributed by atoms with E-state index in [9.17, 15) is 4.39 Å². The molecule has 367 valence electrons. The topological polar surface area (TPSA) is 56.7 Å². The fourth-order valence-corrected chi connectivity index (χ4v) is 11.4. The molecule has 1 aliphatic rings. The summed E-state index contributed by atoms with van der Waals surface area (Å²) in [5.74, 6) is 1.42. The van der Waals surface area contributed by atoms with Gasteiger partial charge in [0.2, 0.25) is 0 Å². The number of fused-ring (bicyclic) bond motifs is 4. The Balaban J connectivity index is 0.000000264. The first-order valence-electron chi connectivity index (χ1n) is 26.5. The molecule has 4 aromatic heterocycles. The molecule has 0 bridgehead atoms. The predicted molar refractivity (Wildman–Crippen MR) is 296 cm³/mol. The Labute approximate surface area is 443 Å². The normalized spacial score (nSPS) is 14.4. The van der Waals surface area contributed by atoms with Crippen molar-refractivity contribution in [2.75, 3.05) is 0 Å². The summed E-state index contributed by atoms with van der Waals surface area (Å²) in [6.07, 6.45) is 7.08. The summed E-state index contributed by atoms with van der Waals surface area (Å²) in [4.78, 5) is 14.8. The number of nitrogens with zero attached hydrogens (tertiary/aromatic N) is 4. The number of halogens is 1. The molecule has 0 N–H and O–H groups in total. The Hall–Kier alpha value is -6.31. The minimum atomic E-state index is -2.33. The number of furan rings is 1. The molecule has 1 radical (unpaired) electrons. The third kappa shape index (κ3) is 9.94. The first kappa shape index (κ1) is 46.7. The van der Waals surface area contributed by atoms with Gasteiger partial charge in [0, 0.05) is 58.4 Å². The fourth-order valence-electron chi connectivity index (χ4n) is 10.4. The van der Waals surface area contributed by atoms with Crippen LogP contribution in [0.25, 0.3) is 83.6 Å². The van der Waals surface area contributed by atoms with E-state index in [1.807, 2.05) is 19.1 Å². The average molecular weight is 1150 g/mol. The molecule has 1 aliphatic carbocycles. The van der Waals surface area contributed by atoms with Gasteiger partial charge in [-0.2, -0.15) is 0 Å².